The third-order valence-electron chi connectivity index (χ3n) is 1.61. The van der Waals surface area contributed by atoms with Gasteiger partial charge in [-0.25, -0.2) is 4.98 Å². The molecule has 0 aromatic carbocycles. The fraction of sp³-hybridized carbons (Fsp3) is 0.143. The van der Waals surface area contributed by atoms with Crippen LogP contribution in [0.3, 0.4) is 0 Å². The zero-order valence-electron chi connectivity index (χ0n) is 7.44. The third-order valence-corrected chi connectivity index (χ3v) is 1.61. The minimum atomic E-state index is -0.584. The molecule has 7 nitrogen and oxygen atoms in total. The predicted molar refractivity (Wildman–Crippen MR) is 51.5 cm³/mol. The van der Waals surface area contributed by atoms with Crippen LogP contribution in [-0.2, 0) is 0 Å². The highest BCUT2D eigenvalue weighted by Gasteiger charge is 2.12. The molecule has 0 bridgehead atoms. The summed E-state index contributed by atoms with van der Waals surface area (Å²) in [4.78, 5) is 13.6. The van der Waals surface area contributed by atoms with Crippen LogP contribution in [0.15, 0.2) is 12.3 Å². The van der Waals surface area contributed by atoms with Gasteiger partial charge in [-0.1, -0.05) is 0 Å². The molecule has 1 rings (SSSR count). The molecule has 1 heterocycles. The zero-order valence-corrected chi connectivity index (χ0v) is 7.44. The molecule has 0 saturated heterocycles. The van der Waals surface area contributed by atoms with Crippen LogP contribution in [0.2, 0.25) is 0 Å². The summed E-state index contributed by atoms with van der Waals surface area (Å²) in [6, 6.07) is 1.21. The van der Waals surface area contributed by atoms with Crippen molar-refractivity contribution < 1.29 is 4.92 Å². The van der Waals surface area contributed by atoms with E-state index in [1.807, 2.05) is 0 Å². The van der Waals surface area contributed by atoms with E-state index in [1.54, 1.807) is 7.05 Å². The molecule has 1 aromatic rings. The zero-order chi connectivity index (χ0) is 10.7. The van der Waals surface area contributed by atoms with Crippen molar-refractivity contribution in [1.29, 1.82) is 5.41 Å². The lowest BCUT2D eigenvalue weighted by Crippen LogP contribution is -2.14. The van der Waals surface area contributed by atoms with Crippen LogP contribution in [0, 0.1) is 15.5 Å². The van der Waals surface area contributed by atoms with Gasteiger partial charge in [-0.3, -0.25) is 15.5 Å². The lowest BCUT2D eigenvalue weighted by atomic mass is 10.2. The van der Waals surface area contributed by atoms with Gasteiger partial charge in [-0.05, 0) is 0 Å². The second-order valence-corrected chi connectivity index (χ2v) is 2.51. The normalized spacial score (nSPS) is 9.50. The van der Waals surface area contributed by atoms with Crippen molar-refractivity contribution in [3.05, 3.63) is 27.9 Å². The van der Waals surface area contributed by atoms with Gasteiger partial charge < -0.3 is 11.1 Å². The summed E-state index contributed by atoms with van der Waals surface area (Å²) in [7, 11) is 1.60. The highest BCUT2D eigenvalue weighted by Crippen LogP contribution is 2.17. The van der Waals surface area contributed by atoms with Crippen LogP contribution in [0.4, 0.5) is 11.5 Å². The fourth-order valence-corrected chi connectivity index (χ4v) is 0.958. The number of nitrogen functional groups attached to an aromatic ring is 1. The lowest BCUT2D eigenvalue weighted by Gasteiger charge is -2.05. The number of anilines is 1. The summed E-state index contributed by atoms with van der Waals surface area (Å²) in [5.41, 5.74) is 5.28. The molecule has 0 aliphatic heterocycles. The van der Waals surface area contributed by atoms with Gasteiger partial charge >= 0.3 is 0 Å². The Morgan fingerprint density at radius 1 is 1.79 bits per heavy atom. The predicted octanol–water partition coefficient (Wildman–Crippen LogP) is 0.316. The van der Waals surface area contributed by atoms with Crippen molar-refractivity contribution in [3.8, 4) is 0 Å². The van der Waals surface area contributed by atoms with Crippen LogP contribution in [-0.4, -0.2) is 22.8 Å². The molecule has 0 unspecified atom stereocenters. The number of nitrogens with one attached hydrogen (secondary N) is 2. The molecule has 4 N–H and O–H groups in total. The Morgan fingerprint density at radius 2 is 2.43 bits per heavy atom. The molecule has 0 fully saturated rings. The van der Waals surface area contributed by atoms with Crippen molar-refractivity contribution in [2.24, 2.45) is 5.73 Å². The molecule has 74 valence electrons. The number of hydrogen-bond acceptors (Lipinski definition) is 5. The van der Waals surface area contributed by atoms with Crippen molar-refractivity contribution in [2.75, 3.05) is 12.4 Å². The van der Waals surface area contributed by atoms with Gasteiger partial charge in [0.25, 0.3) is 5.69 Å². The number of hydrogen-bond donors (Lipinski definition) is 3. The Bertz CT molecular complexity index is 390. The average molecular weight is 195 g/mol. The van der Waals surface area contributed by atoms with E-state index in [4.69, 9.17) is 11.1 Å². The molecule has 0 saturated carbocycles. The fourth-order valence-electron chi connectivity index (χ4n) is 0.958. The maximum atomic E-state index is 10.4. The SMILES string of the molecule is CNc1ncc([N+](=O)[O-])cc1C(=N)N. The van der Waals surface area contributed by atoms with Gasteiger partial charge in [0.2, 0.25) is 0 Å². The van der Waals surface area contributed by atoms with Crippen LogP contribution in [0.1, 0.15) is 5.56 Å². The molecule has 1 aromatic heterocycles. The quantitative estimate of drug-likeness (QED) is 0.277. The van der Waals surface area contributed by atoms with E-state index in [0.717, 1.165) is 6.20 Å². The highest BCUT2D eigenvalue weighted by molar-refractivity contribution is 5.99. The first kappa shape index (κ1) is 9.90. The molecule has 14 heavy (non-hydrogen) atoms. The number of nitro groups is 1. The van der Waals surface area contributed by atoms with E-state index in [9.17, 15) is 10.1 Å². The molecule has 0 radical (unpaired) electrons. The van der Waals surface area contributed by atoms with Gasteiger partial charge in [0.1, 0.15) is 17.9 Å². The molecule has 0 aliphatic carbocycles. The van der Waals surface area contributed by atoms with E-state index < -0.39 is 4.92 Å². The van der Waals surface area contributed by atoms with Gasteiger partial charge in [0, 0.05) is 13.1 Å². The van der Waals surface area contributed by atoms with Crippen molar-refractivity contribution in [2.45, 2.75) is 0 Å². The molecule has 0 spiro atoms. The van der Waals surface area contributed by atoms with Crippen molar-refractivity contribution in [3.63, 3.8) is 0 Å². The largest absolute Gasteiger partial charge is 0.384 e. The Balaban J connectivity index is 3.27. The maximum Gasteiger partial charge on any atom is 0.288 e. The number of nitrogens with two attached hydrogens (primary N) is 1. The Hall–Kier alpha value is -2.18. The van der Waals surface area contributed by atoms with E-state index in [-0.39, 0.29) is 17.1 Å². The first-order chi connectivity index (χ1) is 6.56. The van der Waals surface area contributed by atoms with E-state index in [2.05, 4.69) is 10.3 Å². The van der Waals surface area contributed by atoms with Crippen molar-refractivity contribution in [1.82, 2.24) is 4.98 Å². The Morgan fingerprint density at radius 3 is 2.86 bits per heavy atom. The van der Waals surface area contributed by atoms with E-state index in [0.29, 0.717) is 5.82 Å². The van der Waals surface area contributed by atoms with E-state index in [1.165, 1.54) is 6.07 Å². The summed E-state index contributed by atoms with van der Waals surface area (Å²) in [6.45, 7) is 0. The average Bonchev–Trinajstić information content (AvgIpc) is 2.16. The molecule has 0 aliphatic rings. The first-order valence-corrected chi connectivity index (χ1v) is 3.73. The van der Waals surface area contributed by atoms with Crippen LogP contribution in [0.5, 0.6) is 0 Å². The number of pyridine rings is 1. The molecule has 0 atom stereocenters. The number of nitrogens with zero attached hydrogens (tertiary/aromatic N) is 2. The molecule has 0 amide bonds. The van der Waals surface area contributed by atoms with E-state index >= 15 is 0 Å². The van der Waals surface area contributed by atoms with Crippen LogP contribution in [0.25, 0.3) is 0 Å². The standard InChI is InChI=1S/C7H9N5O2/c1-10-7-5(6(8)9)2-4(3-11-7)12(13)14/h2-3H,1H3,(H3,8,9)(H,10,11). The second kappa shape index (κ2) is 3.69. The summed E-state index contributed by atoms with van der Waals surface area (Å²) in [5.74, 6) is 0.0913. The smallest absolute Gasteiger partial charge is 0.288 e. The minimum absolute atomic E-state index is 0.186. The van der Waals surface area contributed by atoms with Gasteiger partial charge in [-0.2, -0.15) is 0 Å². The molecular weight excluding hydrogens is 186 g/mol. The third kappa shape index (κ3) is 1.76. The number of rotatable bonds is 3. The van der Waals surface area contributed by atoms with Crippen LogP contribution >= 0.6 is 0 Å². The first-order valence-electron chi connectivity index (χ1n) is 3.73. The molecule has 7 heteroatoms. The summed E-state index contributed by atoms with van der Waals surface area (Å²) in [6.07, 6.45) is 1.11. The Kier molecular flexibility index (Phi) is 2.61. The number of amidine groups is 1. The topological polar surface area (TPSA) is 118 Å². The van der Waals surface area contributed by atoms with Crippen molar-refractivity contribution >= 4 is 17.3 Å². The lowest BCUT2D eigenvalue weighted by molar-refractivity contribution is -0.385. The highest BCUT2D eigenvalue weighted by atomic mass is 16.6. The van der Waals surface area contributed by atoms with Gasteiger partial charge in [0.05, 0.1) is 10.5 Å². The maximum absolute atomic E-state index is 10.4. The van der Waals surface area contributed by atoms with Gasteiger partial charge in [0.15, 0.2) is 0 Å². The summed E-state index contributed by atoms with van der Waals surface area (Å²) < 4.78 is 0. The monoisotopic (exact) mass is 195 g/mol. The summed E-state index contributed by atoms with van der Waals surface area (Å²) >= 11 is 0. The van der Waals surface area contributed by atoms with Crippen LogP contribution < -0.4 is 11.1 Å². The molecular formula is C7H9N5O2. The van der Waals surface area contributed by atoms with Gasteiger partial charge in [-0.15, -0.1) is 0 Å². The number of aromatic nitrogens is 1. The summed E-state index contributed by atoms with van der Waals surface area (Å²) in [5, 5.41) is 20.3. The minimum Gasteiger partial charge on any atom is -0.384 e. The second-order valence-electron chi connectivity index (χ2n) is 2.51. The Labute approximate surface area is 79.6 Å².